The van der Waals surface area contributed by atoms with Crippen LogP contribution in [0.4, 0.5) is 5.95 Å². The van der Waals surface area contributed by atoms with Crippen molar-refractivity contribution in [3.8, 4) is 0 Å². The van der Waals surface area contributed by atoms with Crippen molar-refractivity contribution < 1.29 is 0 Å². The molecule has 1 aromatic rings. The number of nitrogens with zero attached hydrogens (tertiary/aromatic N) is 2. The third-order valence-electron chi connectivity index (χ3n) is 3.79. The number of nitrogen functional groups attached to an aromatic ring is 1. The van der Waals surface area contributed by atoms with E-state index in [9.17, 15) is 0 Å². The van der Waals surface area contributed by atoms with E-state index in [0.29, 0.717) is 12.0 Å². The maximum Gasteiger partial charge on any atom is 0.200 e. The van der Waals surface area contributed by atoms with E-state index < -0.39 is 0 Å². The van der Waals surface area contributed by atoms with Gasteiger partial charge < -0.3 is 10.3 Å². The second-order valence-electron chi connectivity index (χ2n) is 5.11. The molecule has 1 aliphatic rings. The molecule has 3 nitrogen and oxygen atoms in total. The van der Waals surface area contributed by atoms with Crippen molar-refractivity contribution in [2.75, 3.05) is 5.73 Å². The number of rotatable bonds is 3. The number of hydrogen-bond donors (Lipinski definition) is 1. The van der Waals surface area contributed by atoms with Crippen LogP contribution < -0.4 is 5.73 Å². The Kier molecular flexibility index (Phi) is 3.52. The fraction of sp³-hybridized carbons (Fsp3) is 0.769. The summed E-state index contributed by atoms with van der Waals surface area (Å²) in [6.45, 7) is 4.29. The van der Waals surface area contributed by atoms with Crippen LogP contribution in [0.2, 0.25) is 0 Å². The van der Waals surface area contributed by atoms with Gasteiger partial charge in [0.1, 0.15) is 0 Å². The summed E-state index contributed by atoms with van der Waals surface area (Å²) in [5.41, 5.74) is 6.95. The zero-order valence-corrected chi connectivity index (χ0v) is 10.4. The topological polar surface area (TPSA) is 43.8 Å². The van der Waals surface area contributed by atoms with Crippen molar-refractivity contribution in [3.05, 3.63) is 11.9 Å². The number of aryl methyl sites for hydroxylation is 1. The minimum absolute atomic E-state index is 0.592. The first-order valence-electron chi connectivity index (χ1n) is 6.51. The molecule has 0 spiro atoms. The number of nitrogens with two attached hydrogens (primary N) is 1. The van der Waals surface area contributed by atoms with E-state index >= 15 is 0 Å². The van der Waals surface area contributed by atoms with E-state index in [2.05, 4.69) is 22.7 Å². The van der Waals surface area contributed by atoms with Gasteiger partial charge >= 0.3 is 0 Å². The Morgan fingerprint density at radius 2 is 2.06 bits per heavy atom. The molecule has 0 atom stereocenters. The van der Waals surface area contributed by atoms with Gasteiger partial charge in [0.2, 0.25) is 5.95 Å². The third-order valence-corrected chi connectivity index (χ3v) is 3.79. The number of anilines is 1. The molecular weight excluding hydrogens is 198 g/mol. The Bertz CT molecular complexity index is 335. The van der Waals surface area contributed by atoms with Crippen molar-refractivity contribution in [1.82, 2.24) is 9.55 Å². The number of aromatic nitrogens is 2. The molecular formula is C13H23N3. The van der Waals surface area contributed by atoms with Crippen molar-refractivity contribution in [3.63, 3.8) is 0 Å². The van der Waals surface area contributed by atoms with Crippen LogP contribution in [0.1, 0.15) is 57.2 Å². The van der Waals surface area contributed by atoms with Gasteiger partial charge in [-0.2, -0.15) is 0 Å². The van der Waals surface area contributed by atoms with E-state index in [1.807, 2.05) is 6.92 Å². The fourth-order valence-electron chi connectivity index (χ4n) is 2.95. The highest BCUT2D eigenvalue weighted by atomic mass is 15.2. The Labute approximate surface area is 98.1 Å². The molecule has 2 rings (SSSR count). The first-order valence-corrected chi connectivity index (χ1v) is 6.51. The first kappa shape index (κ1) is 11.5. The summed E-state index contributed by atoms with van der Waals surface area (Å²) in [6, 6.07) is 0.592. The van der Waals surface area contributed by atoms with Gasteiger partial charge in [-0.3, -0.25) is 0 Å². The minimum Gasteiger partial charge on any atom is -0.369 e. The molecule has 1 heterocycles. The first-order chi connectivity index (χ1) is 7.70. The van der Waals surface area contributed by atoms with E-state index in [0.717, 1.165) is 11.6 Å². The molecule has 0 amide bonds. The lowest BCUT2D eigenvalue weighted by molar-refractivity contribution is 0.264. The Hall–Kier alpha value is -0.990. The highest BCUT2D eigenvalue weighted by molar-refractivity contribution is 5.22. The SMILES string of the molecule is CCCC1CCC(n2cc(C)nc2N)CC1. The molecule has 0 unspecified atom stereocenters. The summed E-state index contributed by atoms with van der Waals surface area (Å²) in [4.78, 5) is 4.28. The lowest BCUT2D eigenvalue weighted by atomic mass is 9.83. The highest BCUT2D eigenvalue weighted by Gasteiger charge is 2.22. The van der Waals surface area contributed by atoms with Crippen molar-refractivity contribution >= 4 is 5.95 Å². The molecule has 2 N–H and O–H groups in total. The van der Waals surface area contributed by atoms with Gasteiger partial charge in [0.15, 0.2) is 0 Å². The van der Waals surface area contributed by atoms with E-state index in [1.165, 1.54) is 38.5 Å². The summed E-state index contributed by atoms with van der Waals surface area (Å²) in [5.74, 6) is 1.64. The lowest BCUT2D eigenvalue weighted by Crippen LogP contribution is -2.19. The Balaban J connectivity index is 1.96. The highest BCUT2D eigenvalue weighted by Crippen LogP contribution is 2.35. The quantitative estimate of drug-likeness (QED) is 0.851. The van der Waals surface area contributed by atoms with Gasteiger partial charge in [-0.05, 0) is 38.5 Å². The molecule has 3 heteroatoms. The molecule has 1 fully saturated rings. The van der Waals surface area contributed by atoms with Gasteiger partial charge in [-0.15, -0.1) is 0 Å². The smallest absolute Gasteiger partial charge is 0.200 e. The summed E-state index contributed by atoms with van der Waals surface area (Å²) in [5, 5.41) is 0. The van der Waals surface area contributed by atoms with E-state index in [4.69, 9.17) is 5.73 Å². The summed E-state index contributed by atoms with van der Waals surface area (Å²) in [6.07, 6.45) is 10.1. The number of imidazole rings is 1. The van der Waals surface area contributed by atoms with Crippen LogP contribution >= 0.6 is 0 Å². The Morgan fingerprint density at radius 3 is 2.56 bits per heavy atom. The molecule has 1 aliphatic carbocycles. The Morgan fingerprint density at radius 1 is 1.38 bits per heavy atom. The summed E-state index contributed by atoms with van der Waals surface area (Å²) < 4.78 is 2.18. The average Bonchev–Trinajstić information content (AvgIpc) is 2.59. The van der Waals surface area contributed by atoms with Crippen LogP contribution in [0.3, 0.4) is 0 Å². The second kappa shape index (κ2) is 4.89. The standard InChI is InChI=1S/C13H23N3/c1-3-4-11-5-7-12(8-6-11)16-9-10(2)15-13(16)14/h9,11-12H,3-8H2,1-2H3,(H2,14,15). The van der Waals surface area contributed by atoms with Gasteiger partial charge in [-0.25, -0.2) is 4.98 Å². The maximum atomic E-state index is 5.92. The third kappa shape index (κ3) is 2.39. The molecule has 0 aliphatic heterocycles. The van der Waals surface area contributed by atoms with Gasteiger partial charge in [0, 0.05) is 12.2 Å². The van der Waals surface area contributed by atoms with Crippen LogP contribution in [0.15, 0.2) is 6.20 Å². The zero-order chi connectivity index (χ0) is 11.5. The molecule has 0 radical (unpaired) electrons. The van der Waals surface area contributed by atoms with Crippen LogP contribution in [-0.4, -0.2) is 9.55 Å². The minimum atomic E-state index is 0.592. The van der Waals surface area contributed by atoms with Gasteiger partial charge in [-0.1, -0.05) is 19.8 Å². The van der Waals surface area contributed by atoms with Crippen molar-refractivity contribution in [2.24, 2.45) is 5.92 Å². The van der Waals surface area contributed by atoms with Crippen LogP contribution in [-0.2, 0) is 0 Å². The van der Waals surface area contributed by atoms with Crippen molar-refractivity contribution in [2.45, 2.75) is 58.4 Å². The molecule has 0 aromatic carbocycles. The van der Waals surface area contributed by atoms with Crippen LogP contribution in [0.5, 0.6) is 0 Å². The normalized spacial score (nSPS) is 25.9. The largest absolute Gasteiger partial charge is 0.369 e. The molecule has 0 saturated heterocycles. The zero-order valence-electron chi connectivity index (χ0n) is 10.4. The predicted molar refractivity (Wildman–Crippen MR) is 67.3 cm³/mol. The second-order valence-corrected chi connectivity index (χ2v) is 5.11. The maximum absolute atomic E-state index is 5.92. The van der Waals surface area contributed by atoms with Crippen LogP contribution in [0.25, 0.3) is 0 Å². The molecule has 90 valence electrons. The summed E-state index contributed by atoms with van der Waals surface area (Å²) in [7, 11) is 0. The molecule has 0 bridgehead atoms. The molecule has 16 heavy (non-hydrogen) atoms. The molecule has 1 saturated carbocycles. The average molecular weight is 221 g/mol. The van der Waals surface area contributed by atoms with E-state index in [-0.39, 0.29) is 0 Å². The van der Waals surface area contributed by atoms with Gasteiger partial charge in [0.25, 0.3) is 0 Å². The monoisotopic (exact) mass is 221 g/mol. The van der Waals surface area contributed by atoms with Gasteiger partial charge in [0.05, 0.1) is 5.69 Å². The van der Waals surface area contributed by atoms with E-state index in [1.54, 1.807) is 0 Å². The number of hydrogen-bond acceptors (Lipinski definition) is 2. The lowest BCUT2D eigenvalue weighted by Gasteiger charge is -2.29. The predicted octanol–water partition coefficient (Wildman–Crippen LogP) is 3.31. The fourth-order valence-corrected chi connectivity index (χ4v) is 2.95. The van der Waals surface area contributed by atoms with Crippen molar-refractivity contribution in [1.29, 1.82) is 0 Å². The molecule has 1 aromatic heterocycles. The van der Waals surface area contributed by atoms with Crippen LogP contribution in [0, 0.1) is 12.8 Å². The summed E-state index contributed by atoms with van der Waals surface area (Å²) >= 11 is 0.